The first-order valence-electron chi connectivity index (χ1n) is 15.2. The van der Waals surface area contributed by atoms with Crippen LogP contribution in [0.4, 0.5) is 30.7 Å². The van der Waals surface area contributed by atoms with Crippen LogP contribution >= 0.6 is 0 Å². The van der Waals surface area contributed by atoms with Crippen molar-refractivity contribution in [3.63, 3.8) is 0 Å². The molecule has 0 amide bonds. The van der Waals surface area contributed by atoms with Gasteiger partial charge in [-0.05, 0) is 69.6 Å². The van der Waals surface area contributed by atoms with Crippen LogP contribution in [0.5, 0.6) is 17.2 Å². The maximum atomic E-state index is 15.1. The predicted molar refractivity (Wildman–Crippen MR) is 147 cm³/mol. The van der Waals surface area contributed by atoms with E-state index in [-0.39, 0.29) is 40.8 Å². The number of alkyl halides is 5. The summed E-state index contributed by atoms with van der Waals surface area (Å²) in [5.41, 5.74) is -1.81. The van der Waals surface area contributed by atoms with Crippen molar-refractivity contribution in [2.24, 2.45) is 5.92 Å². The molecule has 4 aliphatic carbocycles. The molecule has 2 aromatic carbocycles. The zero-order valence-electron chi connectivity index (χ0n) is 24.9. The summed E-state index contributed by atoms with van der Waals surface area (Å²) in [6, 6.07) is 4.98. The van der Waals surface area contributed by atoms with Crippen LogP contribution in [0.3, 0.4) is 0 Å². The third-order valence-electron chi connectivity index (χ3n) is 9.54. The van der Waals surface area contributed by atoms with Gasteiger partial charge in [0.25, 0.3) is 0 Å². The molecular weight excluding hydrogens is 657 g/mol. The lowest BCUT2D eigenvalue weighted by Gasteiger charge is -2.42. The van der Waals surface area contributed by atoms with Gasteiger partial charge in [-0.1, -0.05) is 5.16 Å². The average molecular weight is 683 g/mol. The highest BCUT2D eigenvalue weighted by molar-refractivity contribution is 5.48. The first-order chi connectivity index (χ1) is 22.7. The Labute approximate surface area is 265 Å². The molecule has 17 heteroatoms. The Morgan fingerprint density at radius 2 is 1.81 bits per heavy atom. The molecule has 254 valence electrons. The van der Waals surface area contributed by atoms with Crippen molar-refractivity contribution < 1.29 is 54.2 Å². The second-order valence-corrected chi connectivity index (χ2v) is 12.6. The lowest BCUT2D eigenvalue weighted by molar-refractivity contribution is -0.286. The molecule has 0 radical (unpaired) electrons. The van der Waals surface area contributed by atoms with Gasteiger partial charge in [0.15, 0.2) is 34.6 Å². The fourth-order valence-electron chi connectivity index (χ4n) is 7.53. The minimum absolute atomic E-state index is 0.0270. The fourth-order valence-corrected chi connectivity index (χ4v) is 7.53. The summed E-state index contributed by atoms with van der Waals surface area (Å²) in [5.74, 6) is -3.55. The normalized spacial score (nSPS) is 25.9. The maximum absolute atomic E-state index is 15.1. The summed E-state index contributed by atoms with van der Waals surface area (Å²) in [4.78, 5) is 14.1. The van der Waals surface area contributed by atoms with E-state index in [4.69, 9.17) is 9.47 Å². The number of H-pyrrole nitrogens is 1. The molecule has 1 aliphatic heterocycles. The summed E-state index contributed by atoms with van der Waals surface area (Å²) in [7, 11) is 0. The highest BCUT2D eigenvalue weighted by Crippen LogP contribution is 2.62. The number of hydrogen-bond donors (Lipinski definition) is 1. The Kier molecular flexibility index (Phi) is 6.72. The number of hydrogen-bond acceptors (Lipinski definition) is 8. The van der Waals surface area contributed by atoms with E-state index < -0.39 is 70.6 Å². The molecule has 2 bridgehead atoms. The summed E-state index contributed by atoms with van der Waals surface area (Å²) in [6.45, 7) is 1.33. The summed E-state index contributed by atoms with van der Waals surface area (Å²) in [6.07, 6.45) is -8.19. The molecule has 2 aromatic heterocycles. The molecule has 5 aliphatic rings. The minimum atomic E-state index is -4.80. The fraction of sp³-hybridized carbons (Fsp3) is 0.452. The van der Waals surface area contributed by atoms with Gasteiger partial charge >= 0.3 is 18.2 Å². The molecule has 3 saturated carbocycles. The van der Waals surface area contributed by atoms with Crippen LogP contribution in [-0.2, 0) is 17.3 Å². The van der Waals surface area contributed by atoms with Crippen LogP contribution in [0.25, 0.3) is 5.69 Å². The second-order valence-electron chi connectivity index (χ2n) is 12.6. The molecule has 9 rings (SSSR count). The van der Waals surface area contributed by atoms with E-state index in [9.17, 15) is 31.1 Å². The number of aromatic amines is 1. The van der Waals surface area contributed by atoms with Gasteiger partial charge in [-0.25, -0.2) is 18.3 Å². The number of ether oxygens (including phenoxy) is 4. The molecular formula is C31H25F7N4O6. The first-order valence-corrected chi connectivity index (χ1v) is 15.2. The zero-order valence-corrected chi connectivity index (χ0v) is 24.9. The van der Waals surface area contributed by atoms with Gasteiger partial charge in [0.05, 0.1) is 17.0 Å². The van der Waals surface area contributed by atoms with Crippen LogP contribution in [0.2, 0.25) is 0 Å². The van der Waals surface area contributed by atoms with Crippen LogP contribution in [0, 0.1) is 17.6 Å². The number of aromatic nitrogens is 4. The zero-order chi connectivity index (χ0) is 33.7. The van der Waals surface area contributed by atoms with Gasteiger partial charge in [0.1, 0.15) is 18.0 Å². The Bertz CT molecular complexity index is 1980. The molecule has 3 fully saturated rings. The Hall–Kier alpha value is -4.54. The van der Waals surface area contributed by atoms with E-state index in [1.807, 2.05) is 0 Å². The molecule has 0 unspecified atom stereocenters. The van der Waals surface area contributed by atoms with E-state index in [0.717, 1.165) is 22.9 Å². The van der Waals surface area contributed by atoms with Crippen molar-refractivity contribution in [3.8, 4) is 22.9 Å². The molecule has 0 saturated heterocycles. The van der Waals surface area contributed by atoms with Crippen molar-refractivity contribution in [3.05, 3.63) is 80.9 Å². The lowest BCUT2D eigenvalue weighted by Crippen LogP contribution is -2.40. The quantitative estimate of drug-likeness (QED) is 0.207. The SMILES string of the molecule is C[C@H](Oc1cc(-n2nc(C(F)(F)F)c3c2[C@@H](OC24CC(C2)[C@@H](c2noc(=O)[nH]2)C4)CCC3)ccc1F)c1cc2c(cc1F)OC(F)(F)O2. The summed E-state index contributed by atoms with van der Waals surface area (Å²) < 4.78 is 126. The Balaban J connectivity index is 1.11. The van der Waals surface area contributed by atoms with Gasteiger partial charge in [0.2, 0.25) is 0 Å². The molecule has 10 nitrogen and oxygen atoms in total. The Morgan fingerprint density at radius 1 is 1.06 bits per heavy atom. The average Bonchev–Trinajstić information content (AvgIpc) is 3.79. The van der Waals surface area contributed by atoms with Gasteiger partial charge < -0.3 is 18.9 Å². The number of nitrogens with zero attached hydrogens (tertiary/aromatic N) is 3. The number of nitrogens with one attached hydrogen (secondary N) is 1. The molecule has 3 heterocycles. The number of benzene rings is 2. The monoisotopic (exact) mass is 682 g/mol. The smallest absolute Gasteiger partial charge is 0.483 e. The predicted octanol–water partition coefficient (Wildman–Crippen LogP) is 7.04. The lowest BCUT2D eigenvalue weighted by atomic mass is 9.78. The van der Waals surface area contributed by atoms with Gasteiger partial charge in [-0.15, -0.1) is 8.78 Å². The Morgan fingerprint density at radius 3 is 2.52 bits per heavy atom. The van der Waals surface area contributed by atoms with Crippen molar-refractivity contribution in [1.82, 2.24) is 19.9 Å². The summed E-state index contributed by atoms with van der Waals surface area (Å²) >= 11 is 0. The van der Waals surface area contributed by atoms with Crippen molar-refractivity contribution >= 4 is 0 Å². The molecule has 48 heavy (non-hydrogen) atoms. The van der Waals surface area contributed by atoms with Gasteiger partial charge in [-0.3, -0.25) is 9.51 Å². The largest absolute Gasteiger partial charge is 0.586 e. The number of fused-ring (bicyclic) bond motifs is 3. The standard InChI is InChI=1S/C31H25F7N4O6/c1-13(17-8-23-24(9-20(17)33)47-31(37,38)46-23)44-22-7-15(5-6-19(22)32)42-25-16(26(40-42)30(34,35)36)3-2-4-21(25)45-29-10-14(11-29)18(12-29)27-39-28(43)48-41-27/h5-9,13-14,18,21H,2-4,10-12H2,1H3,(H,39,41,43)/t13-,14?,18-,21-,29?/m0/s1. The van der Waals surface area contributed by atoms with Gasteiger partial charge in [0, 0.05) is 29.2 Å². The molecule has 0 spiro atoms. The first kappa shape index (κ1) is 30.8. The minimum Gasteiger partial charge on any atom is -0.483 e. The topological polar surface area (TPSA) is 114 Å². The number of rotatable bonds is 7. The molecule has 1 N–H and O–H groups in total. The van der Waals surface area contributed by atoms with Crippen molar-refractivity contribution in [1.29, 1.82) is 0 Å². The van der Waals surface area contributed by atoms with E-state index in [0.29, 0.717) is 44.0 Å². The summed E-state index contributed by atoms with van der Waals surface area (Å²) in [5, 5.41) is 7.75. The van der Waals surface area contributed by atoms with Crippen LogP contribution in [0.15, 0.2) is 39.6 Å². The van der Waals surface area contributed by atoms with E-state index in [2.05, 4.69) is 29.2 Å². The molecule has 3 atom stereocenters. The van der Waals surface area contributed by atoms with Crippen LogP contribution in [-0.4, -0.2) is 31.8 Å². The van der Waals surface area contributed by atoms with Crippen molar-refractivity contribution in [2.45, 2.75) is 81.6 Å². The second kappa shape index (κ2) is 10.5. The van der Waals surface area contributed by atoms with E-state index in [1.165, 1.54) is 13.0 Å². The molecule has 4 aromatic rings. The number of halogens is 7. The van der Waals surface area contributed by atoms with E-state index >= 15 is 4.39 Å². The van der Waals surface area contributed by atoms with Gasteiger partial charge in [-0.2, -0.15) is 18.3 Å². The van der Waals surface area contributed by atoms with Crippen LogP contribution < -0.4 is 20.0 Å². The highest BCUT2D eigenvalue weighted by Gasteiger charge is 2.60. The van der Waals surface area contributed by atoms with Crippen molar-refractivity contribution in [2.75, 3.05) is 0 Å². The highest BCUT2D eigenvalue weighted by atomic mass is 19.4. The maximum Gasteiger partial charge on any atom is 0.586 e. The van der Waals surface area contributed by atoms with Crippen LogP contribution in [0.1, 0.15) is 85.5 Å². The van der Waals surface area contributed by atoms with E-state index in [1.54, 1.807) is 0 Å². The third kappa shape index (κ3) is 5.09. The third-order valence-corrected chi connectivity index (χ3v) is 9.54.